The smallest absolute Gasteiger partial charge is 0.261 e. The van der Waals surface area contributed by atoms with Crippen LogP contribution in [0, 0.1) is 5.92 Å². The highest BCUT2D eigenvalue weighted by Gasteiger charge is 2.34. The molecule has 1 aromatic carbocycles. The third-order valence-corrected chi connectivity index (χ3v) is 3.97. The summed E-state index contributed by atoms with van der Waals surface area (Å²) in [6.45, 7) is 5.13. The maximum absolute atomic E-state index is 12.9. The number of nitrogens with zero attached hydrogens (tertiary/aromatic N) is 1. The molecule has 110 valence electrons. The summed E-state index contributed by atoms with van der Waals surface area (Å²) in [5, 5.41) is 0. The van der Waals surface area contributed by atoms with Crippen molar-refractivity contribution in [1.29, 1.82) is 0 Å². The third-order valence-electron chi connectivity index (χ3n) is 3.97. The van der Waals surface area contributed by atoms with Crippen LogP contribution < -0.4 is 9.47 Å². The number of rotatable bonds is 4. The molecule has 0 N–H and O–H groups in total. The van der Waals surface area contributed by atoms with E-state index in [1.807, 2.05) is 11.0 Å². The van der Waals surface area contributed by atoms with Gasteiger partial charge in [-0.3, -0.25) is 4.79 Å². The Morgan fingerprint density at radius 1 is 1.25 bits per heavy atom. The fourth-order valence-corrected chi connectivity index (χ4v) is 2.94. The molecule has 20 heavy (non-hydrogen) atoms. The lowest BCUT2D eigenvalue weighted by atomic mass is 10.0. The van der Waals surface area contributed by atoms with E-state index in [-0.39, 0.29) is 5.91 Å². The van der Waals surface area contributed by atoms with Gasteiger partial charge in [0, 0.05) is 12.6 Å². The van der Waals surface area contributed by atoms with E-state index < -0.39 is 0 Å². The number of hydrogen-bond acceptors (Lipinski definition) is 3. The molecule has 0 bridgehead atoms. The van der Waals surface area contributed by atoms with Crippen LogP contribution in [-0.4, -0.2) is 37.6 Å². The highest BCUT2D eigenvalue weighted by molar-refractivity contribution is 6.00. The van der Waals surface area contributed by atoms with Gasteiger partial charge >= 0.3 is 0 Å². The van der Waals surface area contributed by atoms with E-state index in [2.05, 4.69) is 13.8 Å². The highest BCUT2D eigenvalue weighted by Crippen LogP contribution is 2.33. The van der Waals surface area contributed by atoms with Crippen molar-refractivity contribution < 1.29 is 14.3 Å². The first-order chi connectivity index (χ1) is 9.60. The molecule has 1 aliphatic heterocycles. The van der Waals surface area contributed by atoms with Crippen molar-refractivity contribution in [2.24, 2.45) is 5.92 Å². The van der Waals surface area contributed by atoms with Gasteiger partial charge in [0.05, 0.1) is 14.2 Å². The first-order valence-corrected chi connectivity index (χ1v) is 7.12. The Hall–Kier alpha value is -1.71. The van der Waals surface area contributed by atoms with Gasteiger partial charge < -0.3 is 14.4 Å². The largest absolute Gasteiger partial charge is 0.496 e. The van der Waals surface area contributed by atoms with Gasteiger partial charge in [-0.2, -0.15) is 0 Å². The Labute approximate surface area is 120 Å². The van der Waals surface area contributed by atoms with Gasteiger partial charge in [-0.05, 0) is 30.9 Å². The van der Waals surface area contributed by atoms with Gasteiger partial charge in [0.25, 0.3) is 5.91 Å². The van der Waals surface area contributed by atoms with E-state index >= 15 is 0 Å². The number of methoxy groups -OCH3 is 2. The summed E-state index contributed by atoms with van der Waals surface area (Å²) in [4.78, 5) is 14.9. The zero-order chi connectivity index (χ0) is 14.7. The van der Waals surface area contributed by atoms with Crippen LogP contribution in [0.2, 0.25) is 0 Å². The molecule has 0 spiro atoms. The summed E-state index contributed by atoms with van der Waals surface area (Å²) < 4.78 is 10.7. The zero-order valence-corrected chi connectivity index (χ0v) is 12.7. The monoisotopic (exact) mass is 277 g/mol. The predicted molar refractivity (Wildman–Crippen MR) is 78.4 cm³/mol. The Morgan fingerprint density at radius 3 is 2.35 bits per heavy atom. The van der Waals surface area contributed by atoms with Crippen molar-refractivity contribution >= 4 is 5.91 Å². The van der Waals surface area contributed by atoms with Crippen molar-refractivity contribution in [2.45, 2.75) is 32.7 Å². The summed E-state index contributed by atoms with van der Waals surface area (Å²) >= 11 is 0. The van der Waals surface area contributed by atoms with Crippen molar-refractivity contribution in [1.82, 2.24) is 4.90 Å². The van der Waals surface area contributed by atoms with Gasteiger partial charge in [0.1, 0.15) is 17.1 Å². The van der Waals surface area contributed by atoms with Crippen LogP contribution in [0.4, 0.5) is 0 Å². The molecule has 1 unspecified atom stereocenters. The molecular weight excluding hydrogens is 254 g/mol. The molecule has 1 aromatic rings. The molecule has 1 amide bonds. The maximum atomic E-state index is 12.9. The number of likely N-dealkylation sites (tertiary alicyclic amines) is 1. The molecule has 1 atom stereocenters. The molecule has 0 aliphatic carbocycles. The fourth-order valence-electron chi connectivity index (χ4n) is 2.94. The maximum Gasteiger partial charge on any atom is 0.261 e. The van der Waals surface area contributed by atoms with Gasteiger partial charge in [0.15, 0.2) is 0 Å². The average Bonchev–Trinajstić information content (AvgIpc) is 2.95. The van der Waals surface area contributed by atoms with Crippen LogP contribution in [0.1, 0.15) is 37.0 Å². The van der Waals surface area contributed by atoms with Crippen molar-refractivity contribution in [3.63, 3.8) is 0 Å². The minimum atomic E-state index is 0.00972. The quantitative estimate of drug-likeness (QED) is 0.849. The molecule has 1 saturated heterocycles. The van der Waals surface area contributed by atoms with E-state index in [9.17, 15) is 4.79 Å². The molecule has 4 heteroatoms. The van der Waals surface area contributed by atoms with Crippen LogP contribution in [0.15, 0.2) is 18.2 Å². The van der Waals surface area contributed by atoms with Crippen molar-refractivity contribution in [3.05, 3.63) is 23.8 Å². The minimum Gasteiger partial charge on any atom is -0.496 e. The van der Waals surface area contributed by atoms with Gasteiger partial charge in [-0.1, -0.05) is 19.9 Å². The second kappa shape index (κ2) is 6.16. The summed E-state index contributed by atoms with van der Waals surface area (Å²) in [5.74, 6) is 1.62. The number of amides is 1. The Morgan fingerprint density at radius 2 is 1.85 bits per heavy atom. The topological polar surface area (TPSA) is 38.8 Å². The lowest BCUT2D eigenvalue weighted by Crippen LogP contribution is -2.38. The molecule has 2 rings (SSSR count). The normalized spacial score (nSPS) is 18.4. The van der Waals surface area contributed by atoms with Crippen LogP contribution in [0.3, 0.4) is 0 Å². The molecule has 0 radical (unpaired) electrons. The number of carbonyl (C=O) groups excluding carboxylic acids is 1. The van der Waals surface area contributed by atoms with Gasteiger partial charge in [-0.25, -0.2) is 0 Å². The van der Waals surface area contributed by atoms with Gasteiger partial charge in [-0.15, -0.1) is 0 Å². The SMILES string of the molecule is COc1cccc(OC)c1C(=O)N1CCCC1C(C)C. The molecule has 1 fully saturated rings. The first kappa shape index (κ1) is 14.7. The number of benzene rings is 1. The zero-order valence-electron chi connectivity index (χ0n) is 12.7. The Balaban J connectivity index is 2.38. The summed E-state index contributed by atoms with van der Waals surface area (Å²) in [5.41, 5.74) is 0.532. The van der Waals surface area contributed by atoms with E-state index in [1.54, 1.807) is 26.4 Å². The predicted octanol–water partition coefficient (Wildman–Crippen LogP) is 2.96. The molecule has 4 nitrogen and oxygen atoms in total. The van der Waals surface area contributed by atoms with Crippen LogP contribution in [0.5, 0.6) is 11.5 Å². The fraction of sp³-hybridized carbons (Fsp3) is 0.562. The highest BCUT2D eigenvalue weighted by atomic mass is 16.5. The summed E-state index contributed by atoms with van der Waals surface area (Å²) in [6, 6.07) is 5.74. The van der Waals surface area contributed by atoms with Crippen LogP contribution in [0.25, 0.3) is 0 Å². The van der Waals surface area contributed by atoms with Gasteiger partial charge in [0.2, 0.25) is 0 Å². The standard InChI is InChI=1S/C16H23NO3/c1-11(2)12-7-6-10-17(12)16(18)15-13(19-3)8-5-9-14(15)20-4/h5,8-9,11-12H,6-7,10H2,1-4H3. The van der Waals surface area contributed by atoms with Crippen molar-refractivity contribution in [3.8, 4) is 11.5 Å². The second-order valence-electron chi connectivity index (χ2n) is 5.49. The van der Waals surface area contributed by atoms with E-state index in [0.29, 0.717) is 29.0 Å². The Kier molecular flexibility index (Phi) is 4.53. The summed E-state index contributed by atoms with van der Waals surface area (Å²) in [7, 11) is 3.16. The number of carbonyl (C=O) groups is 1. The lowest BCUT2D eigenvalue weighted by molar-refractivity contribution is 0.0694. The third kappa shape index (κ3) is 2.60. The van der Waals surface area contributed by atoms with Crippen LogP contribution in [-0.2, 0) is 0 Å². The number of ether oxygens (including phenoxy) is 2. The van der Waals surface area contributed by atoms with Crippen LogP contribution >= 0.6 is 0 Å². The molecule has 0 saturated carbocycles. The molecular formula is C16H23NO3. The Bertz CT molecular complexity index is 462. The second-order valence-corrected chi connectivity index (χ2v) is 5.49. The average molecular weight is 277 g/mol. The van der Waals surface area contributed by atoms with E-state index in [1.165, 1.54) is 0 Å². The first-order valence-electron chi connectivity index (χ1n) is 7.12. The van der Waals surface area contributed by atoms with E-state index in [0.717, 1.165) is 19.4 Å². The molecule has 1 aliphatic rings. The number of hydrogen-bond donors (Lipinski definition) is 0. The summed E-state index contributed by atoms with van der Waals surface area (Å²) in [6.07, 6.45) is 2.13. The van der Waals surface area contributed by atoms with E-state index in [4.69, 9.17) is 9.47 Å². The molecule has 0 aromatic heterocycles. The van der Waals surface area contributed by atoms with Crippen molar-refractivity contribution in [2.75, 3.05) is 20.8 Å². The minimum absolute atomic E-state index is 0.00972. The lowest BCUT2D eigenvalue weighted by Gasteiger charge is -2.28. The molecule has 1 heterocycles.